The Labute approximate surface area is 53.5 Å². The van der Waals surface area contributed by atoms with Crippen LogP contribution in [0.25, 0.3) is 0 Å². The average molecular weight is 127 g/mol. The molecule has 50 valence electrons. The summed E-state index contributed by atoms with van der Waals surface area (Å²) >= 11 is 0. The van der Waals surface area contributed by atoms with Crippen LogP contribution in [0.1, 0.15) is 6.92 Å². The summed E-state index contributed by atoms with van der Waals surface area (Å²) in [5.74, 6) is 0. The van der Waals surface area contributed by atoms with Crippen molar-refractivity contribution in [2.75, 3.05) is 6.61 Å². The Hall–Kier alpha value is -0.900. The zero-order chi connectivity index (χ0) is 6.53. The maximum atomic E-state index is 5.04. The highest BCUT2D eigenvalue weighted by molar-refractivity contribution is 4.51. The third kappa shape index (κ3) is 1.81. The molecule has 1 aromatic rings. The lowest BCUT2D eigenvalue weighted by molar-refractivity contribution is 0.0789. The van der Waals surface area contributed by atoms with Crippen LogP contribution in [-0.4, -0.2) is 21.4 Å². The minimum absolute atomic E-state index is 0.497. The van der Waals surface area contributed by atoms with E-state index in [4.69, 9.17) is 4.74 Å². The molecule has 4 heteroatoms. The first-order chi connectivity index (χ1) is 4.43. The quantitative estimate of drug-likeness (QED) is 0.585. The van der Waals surface area contributed by atoms with Crippen LogP contribution >= 0.6 is 0 Å². The van der Waals surface area contributed by atoms with Crippen LogP contribution in [0.5, 0.6) is 0 Å². The van der Waals surface area contributed by atoms with Gasteiger partial charge in [-0.15, -0.1) is 0 Å². The Morgan fingerprint density at radius 2 is 2.56 bits per heavy atom. The van der Waals surface area contributed by atoms with Gasteiger partial charge in [-0.1, -0.05) is 0 Å². The fraction of sp³-hybridized carbons (Fsp3) is 0.600. The number of ether oxygens (including phenoxy) is 1. The Bertz CT molecular complexity index is 149. The van der Waals surface area contributed by atoms with Gasteiger partial charge >= 0.3 is 0 Å². The molecule has 0 aliphatic carbocycles. The van der Waals surface area contributed by atoms with Crippen LogP contribution in [-0.2, 0) is 11.5 Å². The van der Waals surface area contributed by atoms with Gasteiger partial charge in [-0.3, -0.25) is 0 Å². The highest BCUT2D eigenvalue weighted by atomic mass is 16.5. The van der Waals surface area contributed by atoms with Gasteiger partial charge in [0.05, 0.1) is 0 Å². The minimum Gasteiger partial charge on any atom is -0.359 e. The standard InChI is InChI=1S/C5H9N3O/c1-2-9-5-8-4-6-3-7-8/h3-4H,2,5H2,1H3. The largest absolute Gasteiger partial charge is 0.359 e. The zero-order valence-electron chi connectivity index (χ0n) is 5.32. The molecule has 0 fully saturated rings. The van der Waals surface area contributed by atoms with E-state index in [1.54, 1.807) is 11.0 Å². The van der Waals surface area contributed by atoms with Gasteiger partial charge in [0.15, 0.2) is 0 Å². The van der Waals surface area contributed by atoms with E-state index >= 15 is 0 Å². The lowest BCUT2D eigenvalue weighted by Gasteiger charge is -1.97. The van der Waals surface area contributed by atoms with Crippen molar-refractivity contribution >= 4 is 0 Å². The number of aromatic nitrogens is 3. The molecule has 0 N–H and O–H groups in total. The van der Waals surface area contributed by atoms with E-state index in [0.29, 0.717) is 13.3 Å². The normalized spacial score (nSPS) is 9.89. The number of hydrogen-bond acceptors (Lipinski definition) is 3. The number of hydrogen-bond donors (Lipinski definition) is 0. The average Bonchev–Trinajstić information content (AvgIpc) is 2.34. The van der Waals surface area contributed by atoms with Gasteiger partial charge in [-0.05, 0) is 6.92 Å². The van der Waals surface area contributed by atoms with E-state index in [1.807, 2.05) is 6.92 Å². The molecule has 0 bridgehead atoms. The van der Waals surface area contributed by atoms with Crippen molar-refractivity contribution in [1.82, 2.24) is 14.8 Å². The van der Waals surface area contributed by atoms with Crippen LogP contribution in [0, 0.1) is 0 Å². The van der Waals surface area contributed by atoms with E-state index in [0.717, 1.165) is 0 Å². The van der Waals surface area contributed by atoms with Crippen molar-refractivity contribution in [3.05, 3.63) is 12.7 Å². The van der Waals surface area contributed by atoms with Crippen LogP contribution in [0.4, 0.5) is 0 Å². The Balaban J connectivity index is 2.30. The van der Waals surface area contributed by atoms with Gasteiger partial charge in [0.25, 0.3) is 0 Å². The number of rotatable bonds is 3. The first kappa shape index (κ1) is 6.22. The second kappa shape index (κ2) is 3.19. The van der Waals surface area contributed by atoms with E-state index in [-0.39, 0.29) is 0 Å². The summed E-state index contributed by atoms with van der Waals surface area (Å²) in [5, 5.41) is 3.83. The summed E-state index contributed by atoms with van der Waals surface area (Å²) < 4.78 is 6.67. The molecule has 0 aliphatic heterocycles. The molecule has 0 radical (unpaired) electrons. The molecule has 0 aliphatic rings. The van der Waals surface area contributed by atoms with E-state index in [2.05, 4.69) is 10.1 Å². The summed E-state index contributed by atoms with van der Waals surface area (Å²) in [7, 11) is 0. The third-order valence-electron chi connectivity index (χ3n) is 0.894. The summed E-state index contributed by atoms with van der Waals surface area (Å²) in [6.45, 7) is 3.15. The van der Waals surface area contributed by atoms with E-state index < -0.39 is 0 Å². The molecule has 9 heavy (non-hydrogen) atoms. The Morgan fingerprint density at radius 3 is 3.11 bits per heavy atom. The van der Waals surface area contributed by atoms with Gasteiger partial charge in [0.2, 0.25) is 0 Å². The van der Waals surface area contributed by atoms with Crippen molar-refractivity contribution in [3.63, 3.8) is 0 Å². The maximum Gasteiger partial charge on any atom is 0.141 e. The zero-order valence-corrected chi connectivity index (χ0v) is 5.32. The van der Waals surface area contributed by atoms with Crippen molar-refractivity contribution in [2.45, 2.75) is 13.7 Å². The molecule has 1 aromatic heterocycles. The highest BCUT2D eigenvalue weighted by Gasteiger charge is 1.85. The lowest BCUT2D eigenvalue weighted by atomic mass is 10.9. The monoisotopic (exact) mass is 127 g/mol. The summed E-state index contributed by atoms with van der Waals surface area (Å²) in [5.41, 5.74) is 0. The topological polar surface area (TPSA) is 39.9 Å². The van der Waals surface area contributed by atoms with Crippen LogP contribution in [0.15, 0.2) is 12.7 Å². The SMILES string of the molecule is CCOCn1cncn1. The van der Waals surface area contributed by atoms with Crippen LogP contribution < -0.4 is 0 Å². The maximum absolute atomic E-state index is 5.04. The summed E-state index contributed by atoms with van der Waals surface area (Å²) in [6, 6.07) is 0. The first-order valence-electron chi connectivity index (χ1n) is 2.83. The minimum atomic E-state index is 0.497. The van der Waals surface area contributed by atoms with Gasteiger partial charge in [-0.2, -0.15) is 5.10 Å². The molecule has 0 atom stereocenters. The molecule has 1 heterocycles. The van der Waals surface area contributed by atoms with Crippen LogP contribution in [0.2, 0.25) is 0 Å². The Kier molecular flexibility index (Phi) is 2.21. The molecular formula is C5H9N3O. The van der Waals surface area contributed by atoms with Gasteiger partial charge in [-0.25, -0.2) is 9.67 Å². The molecule has 0 aromatic carbocycles. The Morgan fingerprint density at radius 1 is 1.67 bits per heavy atom. The van der Waals surface area contributed by atoms with Gasteiger partial charge < -0.3 is 4.74 Å². The lowest BCUT2D eigenvalue weighted by Crippen LogP contribution is -2.01. The third-order valence-corrected chi connectivity index (χ3v) is 0.894. The first-order valence-corrected chi connectivity index (χ1v) is 2.83. The highest BCUT2D eigenvalue weighted by Crippen LogP contribution is 1.80. The van der Waals surface area contributed by atoms with Gasteiger partial charge in [0.1, 0.15) is 19.4 Å². The second-order valence-corrected chi connectivity index (χ2v) is 1.56. The van der Waals surface area contributed by atoms with E-state index in [9.17, 15) is 0 Å². The molecule has 0 unspecified atom stereocenters. The summed E-state index contributed by atoms with van der Waals surface area (Å²) in [6.07, 6.45) is 3.11. The summed E-state index contributed by atoms with van der Waals surface area (Å²) in [4.78, 5) is 3.75. The number of nitrogens with zero attached hydrogens (tertiary/aromatic N) is 3. The molecule has 4 nitrogen and oxygen atoms in total. The molecule has 0 spiro atoms. The van der Waals surface area contributed by atoms with Crippen molar-refractivity contribution in [1.29, 1.82) is 0 Å². The molecule has 0 saturated heterocycles. The van der Waals surface area contributed by atoms with Crippen molar-refractivity contribution < 1.29 is 4.74 Å². The van der Waals surface area contributed by atoms with E-state index in [1.165, 1.54) is 6.33 Å². The predicted octanol–water partition coefficient (Wildman–Crippen LogP) is 0.272. The van der Waals surface area contributed by atoms with Crippen LogP contribution in [0.3, 0.4) is 0 Å². The second-order valence-electron chi connectivity index (χ2n) is 1.56. The molecular weight excluding hydrogens is 118 g/mol. The van der Waals surface area contributed by atoms with Crippen molar-refractivity contribution in [3.8, 4) is 0 Å². The molecule has 1 rings (SSSR count). The van der Waals surface area contributed by atoms with Gasteiger partial charge in [0, 0.05) is 6.61 Å². The fourth-order valence-electron chi connectivity index (χ4n) is 0.484. The molecule has 0 saturated carbocycles. The smallest absolute Gasteiger partial charge is 0.141 e. The molecule has 0 amide bonds. The fourth-order valence-corrected chi connectivity index (χ4v) is 0.484. The van der Waals surface area contributed by atoms with Crippen molar-refractivity contribution in [2.24, 2.45) is 0 Å². The predicted molar refractivity (Wildman–Crippen MR) is 31.6 cm³/mol.